The van der Waals surface area contributed by atoms with Crippen LogP contribution in [0.25, 0.3) is 0 Å². The fourth-order valence-electron chi connectivity index (χ4n) is 2.60. The fraction of sp³-hybridized carbons (Fsp3) is 0.421. The molecule has 1 aromatic carbocycles. The van der Waals surface area contributed by atoms with E-state index in [4.69, 9.17) is 0 Å². The number of carbonyl (C=O) groups excluding carboxylic acids is 2. The van der Waals surface area contributed by atoms with E-state index < -0.39 is 0 Å². The Balaban J connectivity index is 2.36. The molecule has 5 nitrogen and oxygen atoms in total. The van der Waals surface area contributed by atoms with Gasteiger partial charge in [-0.05, 0) is 44.0 Å². The van der Waals surface area contributed by atoms with Gasteiger partial charge in [0.1, 0.15) is 5.69 Å². The first-order chi connectivity index (χ1) is 11.0. The Morgan fingerprint density at radius 2 is 1.71 bits per heavy atom. The molecule has 24 heavy (non-hydrogen) atoms. The number of aromatic nitrogens is 2. The number of carbonyl (C=O) groups is 2. The molecule has 2 aromatic rings. The summed E-state index contributed by atoms with van der Waals surface area (Å²) in [5.41, 5.74) is 4.32. The number of hydrogen-bond acceptors (Lipinski definition) is 3. The first-order valence-corrected chi connectivity index (χ1v) is 7.98. The van der Waals surface area contributed by atoms with Gasteiger partial charge >= 0.3 is 0 Å². The number of anilines is 1. The number of benzene rings is 1. The van der Waals surface area contributed by atoms with Crippen LogP contribution >= 0.6 is 0 Å². The summed E-state index contributed by atoms with van der Waals surface area (Å²) in [5.74, 6) is -0.250. The molecule has 0 saturated heterocycles. The summed E-state index contributed by atoms with van der Waals surface area (Å²) in [6.45, 7) is 11.5. The first kappa shape index (κ1) is 17.9. The van der Waals surface area contributed by atoms with Crippen LogP contribution in [-0.2, 0) is 12.5 Å². The van der Waals surface area contributed by atoms with E-state index in [1.807, 2.05) is 26.0 Å². The molecule has 0 spiro atoms. The second-order valence-corrected chi connectivity index (χ2v) is 7.28. The topological polar surface area (TPSA) is 64.0 Å². The number of ketones is 1. The van der Waals surface area contributed by atoms with E-state index in [9.17, 15) is 9.59 Å². The molecule has 0 fully saturated rings. The normalized spacial score (nSPS) is 11.5. The molecular formula is C19H25N3O2. The Bertz CT molecular complexity index is 811. The monoisotopic (exact) mass is 327 g/mol. The Kier molecular flexibility index (Phi) is 4.65. The molecule has 128 valence electrons. The number of hydrogen-bond donors (Lipinski definition) is 1. The van der Waals surface area contributed by atoms with E-state index in [1.165, 1.54) is 6.92 Å². The summed E-state index contributed by atoms with van der Waals surface area (Å²) in [6.07, 6.45) is 0. The number of nitrogens with zero attached hydrogens (tertiary/aromatic N) is 2. The van der Waals surface area contributed by atoms with Crippen LogP contribution in [-0.4, -0.2) is 21.5 Å². The maximum atomic E-state index is 12.6. The maximum Gasteiger partial charge on any atom is 0.273 e. The SMILES string of the molecule is CC(=O)c1cc(NC(=O)c2cc(C(C)(C)C)nn2C)c(C)cc1C. The highest BCUT2D eigenvalue weighted by molar-refractivity contribution is 6.05. The number of rotatable bonds is 3. The Labute approximate surface area is 143 Å². The van der Waals surface area contributed by atoms with Crippen molar-refractivity contribution in [2.24, 2.45) is 7.05 Å². The summed E-state index contributed by atoms with van der Waals surface area (Å²) in [7, 11) is 1.76. The van der Waals surface area contributed by atoms with Gasteiger partial charge in [0.15, 0.2) is 5.78 Å². The summed E-state index contributed by atoms with van der Waals surface area (Å²) in [5, 5.41) is 7.33. The molecule has 0 radical (unpaired) electrons. The van der Waals surface area contributed by atoms with Crippen LogP contribution < -0.4 is 5.32 Å². The maximum absolute atomic E-state index is 12.6. The minimum atomic E-state index is -0.234. The van der Waals surface area contributed by atoms with Gasteiger partial charge < -0.3 is 5.32 Å². The van der Waals surface area contributed by atoms with Crippen LogP contribution in [0.2, 0.25) is 0 Å². The van der Waals surface area contributed by atoms with Crippen molar-refractivity contribution in [3.05, 3.63) is 46.3 Å². The van der Waals surface area contributed by atoms with Gasteiger partial charge in [0, 0.05) is 23.7 Å². The first-order valence-electron chi connectivity index (χ1n) is 7.98. The molecular weight excluding hydrogens is 302 g/mol. The summed E-state index contributed by atoms with van der Waals surface area (Å²) in [4.78, 5) is 24.4. The third kappa shape index (κ3) is 3.55. The lowest BCUT2D eigenvalue weighted by Gasteiger charge is -2.13. The predicted octanol–water partition coefficient (Wildman–Crippen LogP) is 3.79. The lowest BCUT2D eigenvalue weighted by atomic mass is 9.92. The van der Waals surface area contributed by atoms with Crippen LogP contribution in [0.3, 0.4) is 0 Å². The Morgan fingerprint density at radius 3 is 2.21 bits per heavy atom. The third-order valence-corrected chi connectivity index (χ3v) is 4.08. The van der Waals surface area contributed by atoms with Crippen LogP contribution in [0.4, 0.5) is 5.69 Å². The largest absolute Gasteiger partial charge is 0.320 e. The van der Waals surface area contributed by atoms with Crippen LogP contribution in [0.5, 0.6) is 0 Å². The minimum Gasteiger partial charge on any atom is -0.320 e. The van der Waals surface area contributed by atoms with Crippen molar-refractivity contribution < 1.29 is 9.59 Å². The van der Waals surface area contributed by atoms with E-state index in [2.05, 4.69) is 31.2 Å². The van der Waals surface area contributed by atoms with Gasteiger partial charge in [0.05, 0.1) is 5.69 Å². The molecule has 2 rings (SSSR count). The Hall–Kier alpha value is -2.43. The van der Waals surface area contributed by atoms with Gasteiger partial charge in [-0.1, -0.05) is 26.8 Å². The van der Waals surface area contributed by atoms with Gasteiger partial charge in [-0.2, -0.15) is 5.10 Å². The molecule has 0 aliphatic rings. The highest BCUT2D eigenvalue weighted by Crippen LogP contribution is 2.24. The predicted molar refractivity (Wildman–Crippen MR) is 95.8 cm³/mol. The average Bonchev–Trinajstić information content (AvgIpc) is 2.83. The fourth-order valence-corrected chi connectivity index (χ4v) is 2.60. The molecule has 1 N–H and O–H groups in total. The number of Topliss-reactive ketones (excluding diaryl/α,β-unsaturated/α-hetero) is 1. The molecule has 1 amide bonds. The molecule has 0 unspecified atom stereocenters. The van der Waals surface area contributed by atoms with E-state index in [0.717, 1.165) is 16.8 Å². The molecule has 0 bridgehead atoms. The summed E-state index contributed by atoms with van der Waals surface area (Å²) in [6, 6.07) is 5.47. The van der Waals surface area contributed by atoms with Crippen LogP contribution in [0.15, 0.2) is 18.2 Å². The highest BCUT2D eigenvalue weighted by Gasteiger charge is 2.22. The highest BCUT2D eigenvalue weighted by atomic mass is 16.2. The number of nitrogens with one attached hydrogen (secondary N) is 1. The quantitative estimate of drug-likeness (QED) is 0.872. The molecule has 5 heteroatoms. The lowest BCUT2D eigenvalue weighted by molar-refractivity contribution is 0.100. The summed E-state index contributed by atoms with van der Waals surface area (Å²) < 4.78 is 1.59. The van der Waals surface area contributed by atoms with Gasteiger partial charge in [-0.15, -0.1) is 0 Å². The Morgan fingerprint density at radius 1 is 1.08 bits per heavy atom. The molecule has 0 aliphatic carbocycles. The zero-order valence-corrected chi connectivity index (χ0v) is 15.4. The number of aryl methyl sites for hydroxylation is 3. The van der Waals surface area contributed by atoms with E-state index in [0.29, 0.717) is 16.9 Å². The zero-order valence-electron chi connectivity index (χ0n) is 15.4. The van der Waals surface area contributed by atoms with E-state index in [-0.39, 0.29) is 17.1 Å². The second kappa shape index (κ2) is 6.23. The number of amides is 1. The molecule has 0 aliphatic heterocycles. The van der Waals surface area contributed by atoms with Crippen molar-refractivity contribution in [1.29, 1.82) is 0 Å². The van der Waals surface area contributed by atoms with Crippen LogP contribution in [0.1, 0.15) is 65.4 Å². The zero-order chi connectivity index (χ0) is 18.2. The summed E-state index contributed by atoms with van der Waals surface area (Å²) >= 11 is 0. The standard InChI is InChI=1S/C19H25N3O2/c1-11-8-12(2)15(9-14(11)13(3)23)20-18(24)16-10-17(19(4,5)6)21-22(16)7/h8-10H,1-7H3,(H,20,24). The van der Waals surface area contributed by atoms with Crippen molar-refractivity contribution in [3.63, 3.8) is 0 Å². The second-order valence-electron chi connectivity index (χ2n) is 7.28. The van der Waals surface area contributed by atoms with Gasteiger partial charge in [-0.25, -0.2) is 0 Å². The van der Waals surface area contributed by atoms with Gasteiger partial charge in [0.2, 0.25) is 0 Å². The van der Waals surface area contributed by atoms with Crippen molar-refractivity contribution in [3.8, 4) is 0 Å². The molecule has 0 saturated carbocycles. The third-order valence-electron chi connectivity index (χ3n) is 4.08. The average molecular weight is 327 g/mol. The van der Waals surface area contributed by atoms with Gasteiger partial charge in [-0.3, -0.25) is 14.3 Å². The van der Waals surface area contributed by atoms with Crippen molar-refractivity contribution in [1.82, 2.24) is 9.78 Å². The van der Waals surface area contributed by atoms with Crippen molar-refractivity contribution in [2.45, 2.75) is 47.0 Å². The molecule has 0 atom stereocenters. The van der Waals surface area contributed by atoms with E-state index in [1.54, 1.807) is 17.8 Å². The molecule has 1 aromatic heterocycles. The van der Waals surface area contributed by atoms with Crippen molar-refractivity contribution in [2.75, 3.05) is 5.32 Å². The van der Waals surface area contributed by atoms with E-state index >= 15 is 0 Å². The van der Waals surface area contributed by atoms with Crippen molar-refractivity contribution >= 4 is 17.4 Å². The molecule has 1 heterocycles. The van der Waals surface area contributed by atoms with Crippen LogP contribution in [0, 0.1) is 13.8 Å². The lowest BCUT2D eigenvalue weighted by Crippen LogP contribution is -2.17. The van der Waals surface area contributed by atoms with Gasteiger partial charge in [0.25, 0.3) is 5.91 Å². The minimum absolute atomic E-state index is 0.0152. The smallest absolute Gasteiger partial charge is 0.273 e.